The highest BCUT2D eigenvalue weighted by molar-refractivity contribution is 7.11. The van der Waals surface area contributed by atoms with Crippen LogP contribution in [-0.4, -0.2) is 11.5 Å². The minimum atomic E-state index is 0.0335. The van der Waals surface area contributed by atoms with Gasteiger partial charge >= 0.3 is 0 Å². The van der Waals surface area contributed by atoms with Gasteiger partial charge in [-0.3, -0.25) is 0 Å². The van der Waals surface area contributed by atoms with E-state index >= 15 is 0 Å². The third-order valence-electron chi connectivity index (χ3n) is 3.10. The number of aryl methyl sites for hydroxylation is 2. The fraction of sp³-hybridized carbons (Fsp3) is 0.400. The van der Waals surface area contributed by atoms with Crippen molar-refractivity contribution in [1.82, 2.24) is 10.3 Å². The number of nitrogens with two attached hydrogens (primary N) is 1. The molecule has 1 unspecified atom stereocenters. The number of nitrogens with one attached hydrogen (secondary N) is 1. The molecular weight excluding hydrogens is 254 g/mol. The maximum atomic E-state index is 6.16. The molecule has 19 heavy (non-hydrogen) atoms. The third kappa shape index (κ3) is 4.13. The average Bonchev–Trinajstić information content (AvgIpc) is 2.87. The van der Waals surface area contributed by atoms with Crippen LogP contribution in [0.2, 0.25) is 0 Å². The standard InChI is InChI=1S/C15H21N3S/c1-3-13-8-18-15(19-13)10-17-9-14(16)12-6-4-11(2)5-7-12/h4-8,14,17H,3,9-10,16H2,1-2H3. The summed E-state index contributed by atoms with van der Waals surface area (Å²) < 4.78 is 0. The minimum absolute atomic E-state index is 0.0335. The zero-order chi connectivity index (χ0) is 13.7. The van der Waals surface area contributed by atoms with Gasteiger partial charge in [-0.2, -0.15) is 0 Å². The molecular formula is C15H21N3S. The summed E-state index contributed by atoms with van der Waals surface area (Å²) in [6.45, 7) is 5.80. The second-order valence-corrected chi connectivity index (χ2v) is 5.92. The van der Waals surface area contributed by atoms with Gasteiger partial charge in [0.25, 0.3) is 0 Å². The van der Waals surface area contributed by atoms with Gasteiger partial charge in [0.2, 0.25) is 0 Å². The van der Waals surface area contributed by atoms with Gasteiger partial charge < -0.3 is 11.1 Å². The molecule has 0 spiro atoms. The van der Waals surface area contributed by atoms with Gasteiger partial charge in [-0.25, -0.2) is 4.98 Å². The largest absolute Gasteiger partial charge is 0.323 e. The Bertz CT molecular complexity index is 504. The highest BCUT2D eigenvalue weighted by Gasteiger charge is 2.06. The average molecular weight is 275 g/mol. The highest BCUT2D eigenvalue weighted by Crippen LogP contribution is 2.14. The van der Waals surface area contributed by atoms with Gasteiger partial charge in [0.05, 0.1) is 0 Å². The molecule has 0 saturated carbocycles. The van der Waals surface area contributed by atoms with Crippen LogP contribution in [0.5, 0.6) is 0 Å². The Hall–Kier alpha value is -1.23. The van der Waals surface area contributed by atoms with E-state index in [1.54, 1.807) is 11.3 Å². The molecule has 1 atom stereocenters. The lowest BCUT2D eigenvalue weighted by molar-refractivity contribution is 0.597. The molecule has 4 heteroatoms. The number of hydrogen-bond donors (Lipinski definition) is 2. The van der Waals surface area contributed by atoms with Crippen molar-refractivity contribution in [1.29, 1.82) is 0 Å². The summed E-state index contributed by atoms with van der Waals surface area (Å²) in [5.41, 5.74) is 8.60. The van der Waals surface area contributed by atoms with Gasteiger partial charge in [0.15, 0.2) is 0 Å². The molecule has 0 fully saturated rings. The van der Waals surface area contributed by atoms with Crippen molar-refractivity contribution in [3.8, 4) is 0 Å². The lowest BCUT2D eigenvalue weighted by atomic mass is 10.1. The first kappa shape index (κ1) is 14.2. The molecule has 0 bridgehead atoms. The zero-order valence-corrected chi connectivity index (χ0v) is 12.3. The van der Waals surface area contributed by atoms with E-state index in [1.807, 2.05) is 6.20 Å². The highest BCUT2D eigenvalue weighted by atomic mass is 32.1. The van der Waals surface area contributed by atoms with Crippen LogP contribution in [0, 0.1) is 6.92 Å². The Labute approximate surface area is 118 Å². The van der Waals surface area contributed by atoms with E-state index in [0.717, 1.165) is 24.5 Å². The Balaban J connectivity index is 1.80. The van der Waals surface area contributed by atoms with E-state index in [-0.39, 0.29) is 6.04 Å². The first-order valence-corrected chi connectivity index (χ1v) is 7.47. The first-order valence-electron chi connectivity index (χ1n) is 6.65. The van der Waals surface area contributed by atoms with Gasteiger partial charge in [0.1, 0.15) is 5.01 Å². The molecule has 2 aromatic rings. The smallest absolute Gasteiger partial charge is 0.107 e. The van der Waals surface area contributed by atoms with Crippen LogP contribution in [0.3, 0.4) is 0 Å². The molecule has 3 nitrogen and oxygen atoms in total. The molecule has 0 aliphatic heterocycles. The molecule has 1 aromatic carbocycles. The summed E-state index contributed by atoms with van der Waals surface area (Å²) in [5.74, 6) is 0. The van der Waals surface area contributed by atoms with Crippen molar-refractivity contribution in [3.05, 3.63) is 51.5 Å². The van der Waals surface area contributed by atoms with E-state index in [4.69, 9.17) is 5.73 Å². The number of nitrogens with zero attached hydrogens (tertiary/aromatic N) is 1. The van der Waals surface area contributed by atoms with Crippen molar-refractivity contribution in [2.45, 2.75) is 32.9 Å². The summed E-state index contributed by atoms with van der Waals surface area (Å²) in [4.78, 5) is 5.72. The van der Waals surface area contributed by atoms with Gasteiger partial charge in [0, 0.05) is 30.2 Å². The lowest BCUT2D eigenvalue weighted by Crippen LogP contribution is -2.26. The molecule has 0 aliphatic carbocycles. The number of rotatable bonds is 6. The molecule has 1 aromatic heterocycles. The summed E-state index contributed by atoms with van der Waals surface area (Å²) in [7, 11) is 0. The van der Waals surface area contributed by atoms with Crippen molar-refractivity contribution in [2.75, 3.05) is 6.54 Å². The fourth-order valence-corrected chi connectivity index (χ4v) is 2.69. The predicted octanol–water partition coefficient (Wildman–Crippen LogP) is 2.80. The maximum absolute atomic E-state index is 6.16. The van der Waals surface area contributed by atoms with E-state index in [1.165, 1.54) is 16.0 Å². The van der Waals surface area contributed by atoms with Crippen LogP contribution < -0.4 is 11.1 Å². The fourth-order valence-electron chi connectivity index (χ4n) is 1.86. The van der Waals surface area contributed by atoms with Crippen LogP contribution in [0.15, 0.2) is 30.5 Å². The maximum Gasteiger partial charge on any atom is 0.107 e. The molecule has 3 N–H and O–H groups in total. The second kappa shape index (κ2) is 6.80. The molecule has 0 radical (unpaired) electrons. The summed E-state index contributed by atoms with van der Waals surface area (Å²) in [6.07, 6.45) is 3.02. The quantitative estimate of drug-likeness (QED) is 0.852. The van der Waals surface area contributed by atoms with Crippen LogP contribution in [-0.2, 0) is 13.0 Å². The SMILES string of the molecule is CCc1cnc(CNCC(N)c2ccc(C)cc2)s1. The third-order valence-corrected chi connectivity index (χ3v) is 4.24. The molecule has 0 aliphatic rings. The molecule has 0 saturated heterocycles. The Morgan fingerprint density at radius 2 is 2.05 bits per heavy atom. The van der Waals surface area contributed by atoms with Crippen molar-refractivity contribution in [3.63, 3.8) is 0 Å². The first-order chi connectivity index (χ1) is 9.19. The van der Waals surface area contributed by atoms with Crippen LogP contribution in [0.1, 0.15) is 34.0 Å². The number of hydrogen-bond acceptors (Lipinski definition) is 4. The van der Waals surface area contributed by atoms with Crippen molar-refractivity contribution >= 4 is 11.3 Å². The van der Waals surface area contributed by atoms with Crippen LogP contribution in [0.25, 0.3) is 0 Å². The van der Waals surface area contributed by atoms with Crippen LogP contribution >= 0.6 is 11.3 Å². The minimum Gasteiger partial charge on any atom is -0.323 e. The van der Waals surface area contributed by atoms with Gasteiger partial charge in [-0.1, -0.05) is 36.8 Å². The predicted molar refractivity (Wildman–Crippen MR) is 81.3 cm³/mol. The number of benzene rings is 1. The molecule has 2 rings (SSSR count). The van der Waals surface area contributed by atoms with E-state index in [2.05, 4.69) is 48.4 Å². The Morgan fingerprint density at radius 1 is 1.32 bits per heavy atom. The van der Waals surface area contributed by atoms with E-state index < -0.39 is 0 Å². The van der Waals surface area contributed by atoms with Gasteiger partial charge in [-0.15, -0.1) is 11.3 Å². The Morgan fingerprint density at radius 3 is 2.68 bits per heavy atom. The Kier molecular flexibility index (Phi) is 5.07. The summed E-state index contributed by atoms with van der Waals surface area (Å²) in [6, 6.07) is 8.43. The van der Waals surface area contributed by atoms with Crippen molar-refractivity contribution < 1.29 is 0 Å². The summed E-state index contributed by atoms with van der Waals surface area (Å²) >= 11 is 1.77. The van der Waals surface area contributed by atoms with Gasteiger partial charge in [-0.05, 0) is 18.9 Å². The second-order valence-electron chi connectivity index (χ2n) is 4.72. The monoisotopic (exact) mass is 275 g/mol. The topological polar surface area (TPSA) is 50.9 Å². The van der Waals surface area contributed by atoms with E-state index in [9.17, 15) is 0 Å². The molecule has 0 amide bonds. The summed E-state index contributed by atoms with van der Waals surface area (Å²) in [5, 5.41) is 4.51. The molecule has 1 heterocycles. The molecule has 102 valence electrons. The zero-order valence-electron chi connectivity index (χ0n) is 11.5. The number of thiazole rings is 1. The van der Waals surface area contributed by atoms with Crippen LogP contribution in [0.4, 0.5) is 0 Å². The normalized spacial score (nSPS) is 12.6. The van der Waals surface area contributed by atoms with Crippen molar-refractivity contribution in [2.24, 2.45) is 5.73 Å². The van der Waals surface area contributed by atoms with E-state index in [0.29, 0.717) is 0 Å². The lowest BCUT2D eigenvalue weighted by Gasteiger charge is -2.12. The number of aromatic nitrogens is 1.